The number of esters is 1. The Labute approximate surface area is 100 Å². The van der Waals surface area contributed by atoms with Crippen molar-refractivity contribution >= 4 is 16.7 Å². The molecule has 0 radical (unpaired) electrons. The number of ether oxygens (including phenoxy) is 1. The third kappa shape index (κ3) is 2.29. The number of hydrogen-bond acceptors (Lipinski definition) is 3. The van der Waals surface area contributed by atoms with Crippen LogP contribution in [0.25, 0.3) is 10.8 Å². The van der Waals surface area contributed by atoms with Gasteiger partial charge in [-0.1, -0.05) is 36.4 Å². The van der Waals surface area contributed by atoms with E-state index in [1.54, 1.807) is 7.05 Å². The molecule has 2 rings (SSSR count). The average molecular weight is 229 g/mol. The van der Waals surface area contributed by atoms with Gasteiger partial charge in [0.05, 0.1) is 7.11 Å². The fourth-order valence-electron chi connectivity index (χ4n) is 1.93. The lowest BCUT2D eigenvalue weighted by Gasteiger charge is -2.14. The van der Waals surface area contributed by atoms with Gasteiger partial charge in [0.25, 0.3) is 0 Å². The van der Waals surface area contributed by atoms with Crippen LogP contribution in [0.1, 0.15) is 11.6 Å². The summed E-state index contributed by atoms with van der Waals surface area (Å²) in [5, 5.41) is 5.24. The lowest BCUT2D eigenvalue weighted by Crippen LogP contribution is -2.26. The van der Waals surface area contributed by atoms with Crippen molar-refractivity contribution in [3.05, 3.63) is 48.0 Å². The van der Waals surface area contributed by atoms with Gasteiger partial charge in [-0.25, -0.2) is 4.79 Å². The molecule has 0 spiro atoms. The highest BCUT2D eigenvalue weighted by Gasteiger charge is 2.18. The van der Waals surface area contributed by atoms with Crippen molar-refractivity contribution in [1.82, 2.24) is 5.32 Å². The van der Waals surface area contributed by atoms with E-state index in [2.05, 4.69) is 5.32 Å². The molecule has 0 bridgehead atoms. The topological polar surface area (TPSA) is 38.3 Å². The third-order valence-corrected chi connectivity index (χ3v) is 2.83. The summed E-state index contributed by atoms with van der Waals surface area (Å²) in [6.45, 7) is 0. The normalized spacial score (nSPS) is 12.4. The summed E-state index contributed by atoms with van der Waals surface area (Å²) in [5.74, 6) is -0.275. The number of benzene rings is 2. The fourth-order valence-corrected chi connectivity index (χ4v) is 1.93. The second-order valence-corrected chi connectivity index (χ2v) is 3.85. The molecular weight excluding hydrogens is 214 g/mol. The molecule has 0 aromatic heterocycles. The van der Waals surface area contributed by atoms with Crippen LogP contribution in [0.2, 0.25) is 0 Å². The smallest absolute Gasteiger partial charge is 0.327 e. The van der Waals surface area contributed by atoms with Crippen LogP contribution in [0.3, 0.4) is 0 Å². The highest BCUT2D eigenvalue weighted by molar-refractivity contribution is 5.85. The number of rotatable bonds is 3. The number of carbonyl (C=O) groups is 1. The average Bonchev–Trinajstić information content (AvgIpc) is 2.39. The number of hydrogen-bond donors (Lipinski definition) is 1. The molecule has 1 N–H and O–H groups in total. The molecule has 17 heavy (non-hydrogen) atoms. The Hall–Kier alpha value is -1.87. The minimum atomic E-state index is -0.412. The molecule has 3 nitrogen and oxygen atoms in total. The number of carbonyl (C=O) groups excluding carboxylic acids is 1. The second-order valence-electron chi connectivity index (χ2n) is 3.85. The van der Waals surface area contributed by atoms with Crippen LogP contribution in [-0.4, -0.2) is 20.1 Å². The van der Waals surface area contributed by atoms with E-state index in [9.17, 15) is 4.79 Å². The molecule has 0 saturated heterocycles. The van der Waals surface area contributed by atoms with Gasteiger partial charge in [0, 0.05) is 0 Å². The molecule has 0 saturated carbocycles. The van der Waals surface area contributed by atoms with E-state index in [0.717, 1.165) is 16.3 Å². The number of methoxy groups -OCH3 is 1. The van der Waals surface area contributed by atoms with E-state index in [-0.39, 0.29) is 5.97 Å². The first-order valence-electron chi connectivity index (χ1n) is 5.50. The molecule has 0 fully saturated rings. The van der Waals surface area contributed by atoms with E-state index >= 15 is 0 Å². The molecule has 1 atom stereocenters. The molecule has 88 valence electrons. The Kier molecular flexibility index (Phi) is 3.40. The quantitative estimate of drug-likeness (QED) is 0.820. The summed E-state index contributed by atoms with van der Waals surface area (Å²) in [4.78, 5) is 11.6. The zero-order valence-corrected chi connectivity index (χ0v) is 9.94. The number of fused-ring (bicyclic) bond motifs is 1. The molecule has 3 heteroatoms. The van der Waals surface area contributed by atoms with Gasteiger partial charge in [-0.15, -0.1) is 0 Å². The molecule has 2 aromatic carbocycles. The SMILES string of the molecule is CNC(C(=O)OC)c1ccc2ccccc2c1. The molecular formula is C14H15NO2. The Bertz CT molecular complexity index is 536. The van der Waals surface area contributed by atoms with Crippen molar-refractivity contribution in [2.75, 3.05) is 14.2 Å². The van der Waals surface area contributed by atoms with Crippen LogP contribution in [0.5, 0.6) is 0 Å². The molecule has 1 unspecified atom stereocenters. The van der Waals surface area contributed by atoms with Gasteiger partial charge in [-0.2, -0.15) is 0 Å². The van der Waals surface area contributed by atoms with Gasteiger partial charge in [0.1, 0.15) is 6.04 Å². The van der Waals surface area contributed by atoms with Crippen molar-refractivity contribution in [1.29, 1.82) is 0 Å². The highest BCUT2D eigenvalue weighted by Crippen LogP contribution is 2.20. The summed E-state index contributed by atoms with van der Waals surface area (Å²) in [6.07, 6.45) is 0. The molecule has 0 aliphatic carbocycles. The standard InChI is InChI=1S/C14H15NO2/c1-15-13(14(16)17-2)12-8-7-10-5-3-4-6-11(10)9-12/h3-9,13,15H,1-2H3. The summed E-state index contributed by atoms with van der Waals surface area (Å²) in [5.41, 5.74) is 0.915. The van der Waals surface area contributed by atoms with Crippen molar-refractivity contribution < 1.29 is 9.53 Å². The third-order valence-electron chi connectivity index (χ3n) is 2.83. The maximum atomic E-state index is 11.6. The van der Waals surface area contributed by atoms with Crippen LogP contribution in [-0.2, 0) is 9.53 Å². The van der Waals surface area contributed by atoms with Gasteiger partial charge in [-0.05, 0) is 29.4 Å². The monoisotopic (exact) mass is 229 g/mol. The van der Waals surface area contributed by atoms with E-state index in [1.165, 1.54) is 7.11 Å². The molecule has 0 aliphatic heterocycles. The summed E-state index contributed by atoms with van der Waals surface area (Å²) in [6, 6.07) is 13.6. The first-order chi connectivity index (χ1) is 8.26. The van der Waals surface area contributed by atoms with Crippen LogP contribution in [0.4, 0.5) is 0 Å². The van der Waals surface area contributed by atoms with E-state index < -0.39 is 6.04 Å². The zero-order chi connectivity index (χ0) is 12.3. The fraction of sp³-hybridized carbons (Fsp3) is 0.214. The predicted molar refractivity (Wildman–Crippen MR) is 67.8 cm³/mol. The first kappa shape index (κ1) is 11.6. The van der Waals surface area contributed by atoms with Crippen LogP contribution >= 0.6 is 0 Å². The van der Waals surface area contributed by atoms with E-state index in [1.807, 2.05) is 42.5 Å². The Morgan fingerprint density at radius 1 is 1.18 bits per heavy atom. The van der Waals surface area contributed by atoms with Gasteiger partial charge in [0.15, 0.2) is 0 Å². The molecule has 2 aromatic rings. The largest absolute Gasteiger partial charge is 0.468 e. The summed E-state index contributed by atoms with van der Waals surface area (Å²) in [7, 11) is 3.14. The molecule has 0 heterocycles. The lowest BCUT2D eigenvalue weighted by molar-refractivity contribution is -0.143. The molecule has 0 aliphatic rings. The van der Waals surface area contributed by atoms with Crippen molar-refractivity contribution in [2.24, 2.45) is 0 Å². The van der Waals surface area contributed by atoms with Crippen LogP contribution in [0, 0.1) is 0 Å². The number of nitrogens with one attached hydrogen (secondary N) is 1. The van der Waals surface area contributed by atoms with Crippen molar-refractivity contribution in [3.8, 4) is 0 Å². The zero-order valence-electron chi connectivity index (χ0n) is 9.94. The minimum Gasteiger partial charge on any atom is -0.468 e. The Balaban J connectivity index is 2.44. The van der Waals surface area contributed by atoms with Gasteiger partial charge >= 0.3 is 5.97 Å². The first-order valence-corrected chi connectivity index (χ1v) is 5.50. The van der Waals surface area contributed by atoms with Gasteiger partial charge in [-0.3, -0.25) is 0 Å². The van der Waals surface area contributed by atoms with E-state index in [4.69, 9.17) is 4.74 Å². The highest BCUT2D eigenvalue weighted by atomic mass is 16.5. The Morgan fingerprint density at radius 3 is 2.53 bits per heavy atom. The maximum absolute atomic E-state index is 11.6. The predicted octanol–water partition coefficient (Wildman–Crippen LogP) is 2.27. The van der Waals surface area contributed by atoms with Gasteiger partial charge < -0.3 is 10.1 Å². The molecule has 0 amide bonds. The van der Waals surface area contributed by atoms with E-state index in [0.29, 0.717) is 0 Å². The number of likely N-dealkylation sites (N-methyl/N-ethyl adjacent to an activating group) is 1. The van der Waals surface area contributed by atoms with Crippen LogP contribution in [0.15, 0.2) is 42.5 Å². The summed E-state index contributed by atoms with van der Waals surface area (Å²) < 4.78 is 4.77. The van der Waals surface area contributed by atoms with Crippen LogP contribution < -0.4 is 5.32 Å². The van der Waals surface area contributed by atoms with Crippen molar-refractivity contribution in [3.63, 3.8) is 0 Å². The second kappa shape index (κ2) is 4.97. The van der Waals surface area contributed by atoms with Gasteiger partial charge in [0.2, 0.25) is 0 Å². The maximum Gasteiger partial charge on any atom is 0.327 e. The summed E-state index contributed by atoms with van der Waals surface area (Å²) >= 11 is 0. The Morgan fingerprint density at radius 2 is 1.88 bits per heavy atom. The lowest BCUT2D eigenvalue weighted by atomic mass is 10.0. The van der Waals surface area contributed by atoms with Crippen molar-refractivity contribution in [2.45, 2.75) is 6.04 Å². The minimum absolute atomic E-state index is 0.275.